The Morgan fingerprint density at radius 1 is 1.21 bits per heavy atom. The number of ether oxygens (including phenoxy) is 1. The number of nitrogens with zero attached hydrogens (tertiary/aromatic N) is 2. The molecule has 0 aliphatic carbocycles. The minimum atomic E-state index is -0.0783. The molecule has 5 heteroatoms. The van der Waals surface area contributed by atoms with E-state index in [1.807, 2.05) is 32.9 Å². The van der Waals surface area contributed by atoms with Crippen molar-refractivity contribution in [3.63, 3.8) is 0 Å². The van der Waals surface area contributed by atoms with Crippen molar-refractivity contribution in [1.29, 1.82) is 0 Å². The van der Waals surface area contributed by atoms with Crippen LogP contribution in [0.5, 0.6) is 11.8 Å². The molecule has 0 aliphatic rings. The Kier molecular flexibility index (Phi) is 4.02. The van der Waals surface area contributed by atoms with Crippen LogP contribution in [0.15, 0.2) is 18.3 Å². The van der Waals surface area contributed by atoms with Crippen LogP contribution in [-0.4, -0.2) is 15.1 Å². The average Bonchev–Trinajstić information content (AvgIpc) is 2.34. The van der Waals surface area contributed by atoms with Crippen molar-refractivity contribution in [1.82, 2.24) is 9.97 Å². The van der Waals surface area contributed by atoms with E-state index in [0.29, 0.717) is 22.0 Å². The van der Waals surface area contributed by atoms with Gasteiger partial charge in [-0.05, 0) is 44.0 Å². The van der Waals surface area contributed by atoms with Crippen LogP contribution in [0.4, 0.5) is 0 Å². The topological polar surface area (TPSA) is 55.2 Å². The summed E-state index contributed by atoms with van der Waals surface area (Å²) >= 11 is 5.98. The second-order valence-corrected chi connectivity index (χ2v) is 4.83. The first-order valence-corrected chi connectivity index (χ1v) is 6.27. The molecule has 1 N–H and O–H groups in total. The summed E-state index contributed by atoms with van der Waals surface area (Å²) in [5.41, 5.74) is 3.25. The Labute approximate surface area is 117 Å². The number of aromatic nitrogens is 2. The van der Waals surface area contributed by atoms with Gasteiger partial charge in [-0.15, -0.1) is 0 Å². The molecule has 0 bridgehead atoms. The number of aryl methyl sites for hydroxylation is 3. The van der Waals surface area contributed by atoms with Crippen molar-refractivity contribution in [2.75, 3.05) is 0 Å². The molecule has 0 saturated heterocycles. The van der Waals surface area contributed by atoms with Gasteiger partial charge in [0.2, 0.25) is 0 Å². The van der Waals surface area contributed by atoms with Crippen LogP contribution in [0.3, 0.4) is 0 Å². The lowest BCUT2D eigenvalue weighted by atomic mass is 10.1. The third kappa shape index (κ3) is 3.03. The average molecular weight is 279 g/mol. The molecule has 0 amide bonds. The van der Waals surface area contributed by atoms with Crippen molar-refractivity contribution < 1.29 is 9.84 Å². The molecular formula is C14H15ClN2O2. The van der Waals surface area contributed by atoms with E-state index in [1.165, 1.54) is 0 Å². The predicted octanol–water partition coefficient (Wildman–Crippen LogP) is 3.34. The van der Waals surface area contributed by atoms with Gasteiger partial charge in [-0.3, -0.25) is 0 Å². The van der Waals surface area contributed by atoms with Crippen molar-refractivity contribution in [3.05, 3.63) is 45.7 Å². The SMILES string of the molecule is Cc1cc(Cl)cc(C)c1Oc1ncc(CO)c(C)n1. The molecule has 0 unspecified atom stereocenters. The number of hydrogen-bond acceptors (Lipinski definition) is 4. The first kappa shape index (κ1) is 13.8. The lowest BCUT2D eigenvalue weighted by Gasteiger charge is -2.11. The minimum Gasteiger partial charge on any atom is -0.424 e. The van der Waals surface area contributed by atoms with Crippen molar-refractivity contribution in [2.24, 2.45) is 0 Å². The molecule has 1 aromatic heterocycles. The predicted molar refractivity (Wildman–Crippen MR) is 73.7 cm³/mol. The van der Waals surface area contributed by atoms with E-state index < -0.39 is 0 Å². The number of rotatable bonds is 3. The molecule has 2 rings (SSSR count). The highest BCUT2D eigenvalue weighted by Crippen LogP contribution is 2.30. The van der Waals surface area contributed by atoms with Gasteiger partial charge in [0.1, 0.15) is 5.75 Å². The molecule has 4 nitrogen and oxygen atoms in total. The maximum Gasteiger partial charge on any atom is 0.322 e. The summed E-state index contributed by atoms with van der Waals surface area (Å²) in [5.74, 6) is 0.709. The summed E-state index contributed by atoms with van der Waals surface area (Å²) in [6.07, 6.45) is 1.57. The van der Waals surface area contributed by atoms with Crippen LogP contribution >= 0.6 is 11.6 Å². The molecule has 100 valence electrons. The first-order valence-electron chi connectivity index (χ1n) is 5.89. The number of halogens is 1. The summed E-state index contributed by atoms with van der Waals surface area (Å²) < 4.78 is 5.71. The van der Waals surface area contributed by atoms with Crippen LogP contribution in [0, 0.1) is 20.8 Å². The fourth-order valence-corrected chi connectivity index (χ4v) is 2.15. The molecule has 0 radical (unpaired) electrons. The Balaban J connectivity index is 2.34. The van der Waals surface area contributed by atoms with E-state index in [0.717, 1.165) is 11.1 Å². The third-order valence-electron chi connectivity index (χ3n) is 2.85. The van der Waals surface area contributed by atoms with Gasteiger partial charge >= 0.3 is 6.01 Å². The van der Waals surface area contributed by atoms with Crippen molar-refractivity contribution >= 4 is 11.6 Å². The Bertz CT molecular complexity index is 591. The fourth-order valence-electron chi connectivity index (χ4n) is 1.82. The molecule has 2 aromatic rings. The normalized spacial score (nSPS) is 10.6. The van der Waals surface area contributed by atoms with Gasteiger partial charge in [-0.25, -0.2) is 4.98 Å². The second kappa shape index (κ2) is 5.55. The zero-order chi connectivity index (χ0) is 14.0. The molecule has 0 saturated carbocycles. The summed E-state index contributed by atoms with van der Waals surface area (Å²) in [5, 5.41) is 9.76. The smallest absolute Gasteiger partial charge is 0.322 e. The van der Waals surface area contributed by atoms with E-state index in [9.17, 15) is 0 Å². The van der Waals surface area contributed by atoms with Gasteiger partial charge in [0.05, 0.1) is 12.3 Å². The van der Waals surface area contributed by atoms with Gasteiger partial charge in [-0.2, -0.15) is 4.98 Å². The minimum absolute atomic E-state index is 0.0783. The Morgan fingerprint density at radius 3 is 2.37 bits per heavy atom. The van der Waals surface area contributed by atoms with Gasteiger partial charge in [-0.1, -0.05) is 11.6 Å². The number of benzene rings is 1. The molecule has 1 heterocycles. The maximum atomic E-state index is 9.08. The van der Waals surface area contributed by atoms with Gasteiger partial charge in [0, 0.05) is 16.8 Å². The van der Waals surface area contributed by atoms with Gasteiger partial charge in [0.15, 0.2) is 0 Å². The fraction of sp³-hybridized carbons (Fsp3) is 0.286. The first-order chi connectivity index (χ1) is 9.01. The highest BCUT2D eigenvalue weighted by Gasteiger charge is 2.10. The maximum absolute atomic E-state index is 9.08. The van der Waals surface area contributed by atoms with E-state index in [-0.39, 0.29) is 12.6 Å². The quantitative estimate of drug-likeness (QED) is 0.935. The van der Waals surface area contributed by atoms with Crippen LogP contribution in [0.1, 0.15) is 22.4 Å². The molecule has 19 heavy (non-hydrogen) atoms. The number of aliphatic hydroxyl groups is 1. The summed E-state index contributed by atoms with van der Waals surface area (Å²) in [4.78, 5) is 8.30. The highest BCUT2D eigenvalue weighted by molar-refractivity contribution is 6.30. The highest BCUT2D eigenvalue weighted by atomic mass is 35.5. The van der Waals surface area contributed by atoms with Crippen LogP contribution < -0.4 is 4.74 Å². The largest absolute Gasteiger partial charge is 0.424 e. The monoisotopic (exact) mass is 278 g/mol. The molecule has 0 fully saturated rings. The Morgan fingerprint density at radius 2 is 1.84 bits per heavy atom. The van der Waals surface area contributed by atoms with Gasteiger partial charge in [0.25, 0.3) is 0 Å². The third-order valence-corrected chi connectivity index (χ3v) is 3.07. The lowest BCUT2D eigenvalue weighted by molar-refractivity contribution is 0.279. The second-order valence-electron chi connectivity index (χ2n) is 4.39. The lowest BCUT2D eigenvalue weighted by Crippen LogP contribution is -2.00. The summed E-state index contributed by atoms with van der Waals surface area (Å²) in [6.45, 7) is 5.57. The van der Waals surface area contributed by atoms with E-state index in [4.69, 9.17) is 21.4 Å². The molecule has 0 aliphatic heterocycles. The summed E-state index contributed by atoms with van der Waals surface area (Å²) in [6, 6.07) is 3.93. The van der Waals surface area contributed by atoms with Gasteiger partial charge < -0.3 is 9.84 Å². The van der Waals surface area contributed by atoms with Crippen LogP contribution in [-0.2, 0) is 6.61 Å². The van der Waals surface area contributed by atoms with E-state index in [1.54, 1.807) is 6.20 Å². The molecule has 0 atom stereocenters. The molecule has 1 aromatic carbocycles. The number of hydrogen-bond donors (Lipinski definition) is 1. The van der Waals surface area contributed by atoms with Crippen molar-refractivity contribution in [3.8, 4) is 11.8 Å². The molecule has 0 spiro atoms. The van der Waals surface area contributed by atoms with E-state index >= 15 is 0 Å². The number of aliphatic hydroxyl groups excluding tert-OH is 1. The van der Waals surface area contributed by atoms with Crippen LogP contribution in [0.2, 0.25) is 5.02 Å². The Hall–Kier alpha value is -1.65. The van der Waals surface area contributed by atoms with Crippen molar-refractivity contribution in [2.45, 2.75) is 27.4 Å². The standard InChI is InChI=1S/C14H15ClN2O2/c1-8-4-12(15)5-9(2)13(8)19-14-16-6-11(7-18)10(3)17-14/h4-6,18H,7H2,1-3H3. The zero-order valence-electron chi connectivity index (χ0n) is 11.1. The van der Waals surface area contributed by atoms with E-state index in [2.05, 4.69) is 9.97 Å². The summed E-state index contributed by atoms with van der Waals surface area (Å²) in [7, 11) is 0. The molecular weight excluding hydrogens is 264 g/mol. The van der Waals surface area contributed by atoms with Crippen LogP contribution in [0.25, 0.3) is 0 Å². The zero-order valence-corrected chi connectivity index (χ0v) is 11.8.